The molecule has 2 heterocycles. The number of ketones is 1. The van der Waals surface area contributed by atoms with Gasteiger partial charge in [0.05, 0.1) is 43.8 Å². The molecule has 1 aromatic rings. The van der Waals surface area contributed by atoms with Crippen molar-refractivity contribution in [3.8, 4) is 6.07 Å². The number of benzene rings is 1. The molecular weight excluding hydrogens is 724 g/mol. The summed E-state index contributed by atoms with van der Waals surface area (Å²) in [4.78, 5) is 68.7. The van der Waals surface area contributed by atoms with E-state index in [2.05, 4.69) is 22.0 Å². The molecular formula is C38H51BrN2O10. The lowest BCUT2D eigenvalue weighted by Gasteiger charge is -2.51. The Morgan fingerprint density at radius 1 is 0.765 bits per heavy atom. The summed E-state index contributed by atoms with van der Waals surface area (Å²) in [5, 5.41) is 9.41. The first-order valence-corrected chi connectivity index (χ1v) is 17.7. The highest BCUT2D eigenvalue weighted by Crippen LogP contribution is 2.41. The number of esters is 4. The van der Waals surface area contributed by atoms with Gasteiger partial charge in [0.2, 0.25) is 0 Å². The quantitative estimate of drug-likeness (QED) is 0.225. The lowest BCUT2D eigenvalue weighted by Crippen LogP contribution is -2.67. The summed E-state index contributed by atoms with van der Waals surface area (Å²) >= 11 is 3.36. The first kappa shape index (κ1) is 41.7. The van der Waals surface area contributed by atoms with E-state index < -0.39 is 88.8 Å². The van der Waals surface area contributed by atoms with E-state index >= 15 is 0 Å². The molecule has 1 saturated heterocycles. The average molecular weight is 776 g/mol. The molecule has 0 amide bonds. The third-order valence-electron chi connectivity index (χ3n) is 8.15. The summed E-state index contributed by atoms with van der Waals surface area (Å²) < 4.78 is 31.1. The monoisotopic (exact) mass is 774 g/mol. The first-order chi connectivity index (χ1) is 23.2. The molecule has 0 aliphatic carbocycles. The average Bonchev–Trinajstić information content (AvgIpc) is 3.00. The van der Waals surface area contributed by atoms with Crippen LogP contribution in [-0.4, -0.2) is 71.8 Å². The lowest BCUT2D eigenvalue weighted by molar-refractivity contribution is -0.283. The van der Waals surface area contributed by atoms with Crippen molar-refractivity contribution >= 4 is 45.6 Å². The predicted molar refractivity (Wildman–Crippen MR) is 189 cm³/mol. The number of rotatable bonds is 7. The number of ether oxygens (including phenoxy) is 5. The number of carbonyl (C=O) groups is 5. The standard InChI is InChI=1S/C38H51BrN2O10/c1-35(2,3)31(43)47-20-26-27(49-32(44)36(4,5)6)28(50-33(45)37(7,8)9)29(51-34(46)38(10,11)12)30(48-26)41-19-23(39)25(42)17-24(41)22-15-13-21(18-40)14-16-22/h13-16,19,24,26-30H,17,20H2,1-12H3/t24-,26+,27-,28-,29+,30+/m0/s1. The fourth-order valence-corrected chi connectivity index (χ4v) is 5.34. The summed E-state index contributed by atoms with van der Waals surface area (Å²) in [6, 6.07) is 8.04. The van der Waals surface area contributed by atoms with Crippen LogP contribution in [0.15, 0.2) is 34.9 Å². The van der Waals surface area contributed by atoms with Crippen molar-refractivity contribution in [2.75, 3.05) is 6.61 Å². The Morgan fingerprint density at radius 3 is 1.67 bits per heavy atom. The van der Waals surface area contributed by atoms with E-state index in [-0.39, 0.29) is 16.7 Å². The number of halogens is 1. The Bertz CT molecular complexity index is 1570. The van der Waals surface area contributed by atoms with Crippen molar-refractivity contribution in [1.82, 2.24) is 4.90 Å². The number of allylic oxidation sites excluding steroid dienone is 1. The van der Waals surface area contributed by atoms with Gasteiger partial charge >= 0.3 is 23.9 Å². The highest BCUT2D eigenvalue weighted by atomic mass is 79.9. The summed E-state index contributed by atoms with van der Waals surface area (Å²) in [7, 11) is 0. The number of carbonyl (C=O) groups excluding carboxylic acids is 5. The topological polar surface area (TPSA) is 159 Å². The van der Waals surface area contributed by atoms with Crippen LogP contribution in [0.1, 0.15) is 107 Å². The predicted octanol–water partition coefficient (Wildman–Crippen LogP) is 6.30. The maximum Gasteiger partial charge on any atom is 0.311 e. The van der Waals surface area contributed by atoms with Crippen LogP contribution in [0.5, 0.6) is 0 Å². The maximum absolute atomic E-state index is 13.7. The van der Waals surface area contributed by atoms with Crippen LogP contribution in [-0.2, 0) is 47.7 Å². The molecule has 6 atom stereocenters. The van der Waals surface area contributed by atoms with Crippen molar-refractivity contribution in [3.63, 3.8) is 0 Å². The van der Waals surface area contributed by atoms with Gasteiger partial charge in [-0.05, 0) is 117 Å². The van der Waals surface area contributed by atoms with Gasteiger partial charge in [-0.1, -0.05) is 12.1 Å². The van der Waals surface area contributed by atoms with Crippen molar-refractivity contribution in [2.45, 2.75) is 126 Å². The largest absolute Gasteiger partial charge is 0.462 e. The summed E-state index contributed by atoms with van der Waals surface area (Å²) in [5.74, 6) is -2.79. The summed E-state index contributed by atoms with van der Waals surface area (Å²) in [5.41, 5.74) is -2.92. The van der Waals surface area contributed by atoms with Crippen molar-refractivity contribution in [2.24, 2.45) is 21.7 Å². The van der Waals surface area contributed by atoms with Crippen LogP contribution in [0.3, 0.4) is 0 Å². The van der Waals surface area contributed by atoms with E-state index in [1.807, 2.05) is 0 Å². The Hall–Kier alpha value is -3.76. The summed E-state index contributed by atoms with van der Waals surface area (Å²) in [6.45, 7) is 19.5. The molecule has 0 saturated carbocycles. The number of hydrogen-bond acceptors (Lipinski definition) is 12. The Balaban J connectivity index is 2.32. The number of nitrogens with zero attached hydrogens (tertiary/aromatic N) is 2. The molecule has 0 bridgehead atoms. The molecule has 0 aromatic heterocycles. The van der Waals surface area contributed by atoms with Crippen molar-refractivity contribution in [1.29, 1.82) is 5.26 Å². The van der Waals surface area contributed by atoms with Gasteiger partial charge < -0.3 is 28.6 Å². The van der Waals surface area contributed by atoms with E-state index in [9.17, 15) is 29.2 Å². The molecule has 3 rings (SSSR count). The minimum absolute atomic E-state index is 0.0403. The zero-order valence-corrected chi connectivity index (χ0v) is 33.2. The molecule has 51 heavy (non-hydrogen) atoms. The van der Waals surface area contributed by atoms with E-state index in [0.29, 0.717) is 11.1 Å². The minimum Gasteiger partial charge on any atom is -0.462 e. The van der Waals surface area contributed by atoms with Gasteiger partial charge in [0, 0.05) is 12.6 Å². The van der Waals surface area contributed by atoms with Gasteiger partial charge in [0.1, 0.15) is 12.7 Å². The fraction of sp³-hybridized carbons (Fsp3) is 0.632. The lowest BCUT2D eigenvalue weighted by atomic mass is 9.90. The molecule has 0 N–H and O–H groups in total. The van der Waals surface area contributed by atoms with Crippen LogP contribution in [0.2, 0.25) is 0 Å². The van der Waals surface area contributed by atoms with E-state index in [4.69, 9.17) is 23.7 Å². The highest BCUT2D eigenvalue weighted by molar-refractivity contribution is 9.12. The van der Waals surface area contributed by atoms with Crippen LogP contribution < -0.4 is 0 Å². The maximum atomic E-state index is 13.7. The van der Waals surface area contributed by atoms with E-state index in [1.165, 1.54) is 6.20 Å². The second-order valence-electron chi connectivity index (χ2n) is 17.1. The van der Waals surface area contributed by atoms with Crippen LogP contribution >= 0.6 is 15.9 Å². The zero-order valence-electron chi connectivity index (χ0n) is 31.6. The van der Waals surface area contributed by atoms with Gasteiger partial charge in [-0.2, -0.15) is 5.26 Å². The number of nitriles is 1. The molecule has 1 aromatic carbocycles. The molecule has 1 fully saturated rings. The normalized spacial score (nSPS) is 24.5. The molecule has 2 aliphatic rings. The van der Waals surface area contributed by atoms with Gasteiger partial charge in [-0.3, -0.25) is 24.0 Å². The first-order valence-electron chi connectivity index (χ1n) is 16.9. The van der Waals surface area contributed by atoms with Crippen molar-refractivity contribution < 1.29 is 47.7 Å². The third-order valence-corrected chi connectivity index (χ3v) is 8.80. The highest BCUT2D eigenvalue weighted by Gasteiger charge is 2.57. The van der Waals surface area contributed by atoms with E-state index in [1.54, 1.807) is 112 Å². The second-order valence-corrected chi connectivity index (χ2v) is 17.9. The van der Waals surface area contributed by atoms with Gasteiger partial charge in [-0.15, -0.1) is 0 Å². The molecule has 2 aliphatic heterocycles. The Kier molecular flexibility index (Phi) is 12.6. The fourth-order valence-electron chi connectivity index (χ4n) is 4.94. The minimum atomic E-state index is -1.46. The molecule has 280 valence electrons. The van der Waals surface area contributed by atoms with Crippen LogP contribution in [0.25, 0.3) is 0 Å². The molecule has 0 spiro atoms. The second kappa shape index (κ2) is 15.5. The summed E-state index contributed by atoms with van der Waals surface area (Å²) in [6.07, 6.45) is -5.34. The van der Waals surface area contributed by atoms with Crippen molar-refractivity contribution in [3.05, 3.63) is 46.1 Å². The SMILES string of the molecule is CC(C)(C)C(=O)OC[C@H]1O[C@@H](N2C=C(Br)C(=O)C[C@H]2c2ccc(C#N)cc2)[C@H](OC(=O)C(C)(C)C)[C@@H](OC(=O)C(C)(C)C)[C@H]1OC(=O)C(C)(C)C. The number of hydrogen-bond donors (Lipinski definition) is 0. The smallest absolute Gasteiger partial charge is 0.311 e. The van der Waals surface area contributed by atoms with Gasteiger partial charge in [-0.25, -0.2) is 0 Å². The zero-order chi connectivity index (χ0) is 38.9. The Labute approximate surface area is 309 Å². The van der Waals surface area contributed by atoms with Crippen LogP contribution in [0, 0.1) is 33.0 Å². The Morgan fingerprint density at radius 2 is 1.22 bits per heavy atom. The van der Waals surface area contributed by atoms with E-state index in [0.717, 1.165) is 0 Å². The molecule has 0 radical (unpaired) electrons. The third kappa shape index (κ3) is 10.4. The van der Waals surface area contributed by atoms with Crippen LogP contribution in [0.4, 0.5) is 0 Å². The van der Waals surface area contributed by atoms with Gasteiger partial charge in [0.25, 0.3) is 0 Å². The molecule has 13 heteroatoms. The molecule has 0 unspecified atom stereocenters. The number of Topliss-reactive ketones (excluding diaryl/α,β-unsaturated/α-hetero) is 1. The molecule has 12 nitrogen and oxygen atoms in total. The van der Waals surface area contributed by atoms with Gasteiger partial charge in [0.15, 0.2) is 30.3 Å².